The molecule has 5 rings (SSSR count). The van der Waals surface area contributed by atoms with Crippen molar-refractivity contribution in [2.24, 2.45) is 34.5 Å². The minimum atomic E-state index is -0.403. The molecule has 1 heterocycles. The summed E-state index contributed by atoms with van der Waals surface area (Å²) in [5.41, 5.74) is 1.01. The molecule has 5 heteroatoms. The Labute approximate surface area is 174 Å². The Balaban J connectivity index is 1.42. The summed E-state index contributed by atoms with van der Waals surface area (Å²) in [5.74, 6) is 1.43. The molecule has 4 unspecified atom stereocenters. The van der Waals surface area contributed by atoms with Gasteiger partial charge in [0.2, 0.25) is 11.8 Å². The summed E-state index contributed by atoms with van der Waals surface area (Å²) in [5, 5.41) is 17.7. The van der Waals surface area contributed by atoms with Crippen LogP contribution in [0.1, 0.15) is 71.6 Å². The smallest absolute Gasteiger partial charge is 0.243 e. The Hall–Kier alpha value is -1.36. The van der Waals surface area contributed by atoms with E-state index >= 15 is 0 Å². The van der Waals surface area contributed by atoms with Gasteiger partial charge < -0.3 is 15.7 Å². The van der Waals surface area contributed by atoms with E-state index in [2.05, 4.69) is 24.5 Å². The Bertz CT molecular complexity index is 744. The maximum absolute atomic E-state index is 13.1. The summed E-state index contributed by atoms with van der Waals surface area (Å²) < 4.78 is 0. The Morgan fingerprint density at radius 3 is 2.72 bits per heavy atom. The fourth-order valence-corrected chi connectivity index (χ4v) is 7.98. The molecular formula is C24H36N2O3. The molecule has 0 aromatic heterocycles. The van der Waals surface area contributed by atoms with Crippen LogP contribution in [0.3, 0.4) is 0 Å². The van der Waals surface area contributed by atoms with E-state index in [9.17, 15) is 14.7 Å². The quantitative estimate of drug-likeness (QED) is 0.667. The number of nitrogens with one attached hydrogen (secondary N) is 2. The van der Waals surface area contributed by atoms with Crippen LogP contribution in [0.2, 0.25) is 0 Å². The molecule has 4 fully saturated rings. The zero-order chi connectivity index (χ0) is 20.4. The lowest BCUT2D eigenvalue weighted by Crippen LogP contribution is -2.57. The van der Waals surface area contributed by atoms with Crippen LogP contribution in [0.5, 0.6) is 0 Å². The van der Waals surface area contributed by atoms with Crippen LogP contribution in [0.4, 0.5) is 0 Å². The molecule has 3 N–H and O–H groups in total. The van der Waals surface area contributed by atoms with Crippen molar-refractivity contribution in [3.05, 3.63) is 11.6 Å². The summed E-state index contributed by atoms with van der Waals surface area (Å²) in [4.78, 5) is 25.2. The predicted molar refractivity (Wildman–Crippen MR) is 111 cm³/mol. The maximum atomic E-state index is 13.1. The fourth-order valence-electron chi connectivity index (χ4n) is 7.98. The number of aliphatic hydroxyl groups excluding tert-OH is 1. The third-order valence-electron chi connectivity index (χ3n) is 9.68. The molecule has 0 spiro atoms. The Morgan fingerprint density at radius 2 is 2.00 bits per heavy atom. The van der Waals surface area contributed by atoms with E-state index in [-0.39, 0.29) is 34.5 Å². The lowest BCUT2D eigenvalue weighted by Gasteiger charge is -2.59. The van der Waals surface area contributed by atoms with Gasteiger partial charge in [-0.3, -0.25) is 9.59 Å². The van der Waals surface area contributed by atoms with Gasteiger partial charge in [-0.05, 0) is 86.4 Å². The van der Waals surface area contributed by atoms with E-state index < -0.39 is 6.10 Å². The summed E-state index contributed by atoms with van der Waals surface area (Å²) in [6, 6.07) is 0.378. The van der Waals surface area contributed by atoms with Crippen molar-refractivity contribution in [1.29, 1.82) is 0 Å². The number of aliphatic hydroxyl groups is 1. The number of allylic oxidation sites excluding steroid dienone is 1. The number of fused-ring (bicyclic) bond motifs is 5. The molecule has 5 nitrogen and oxygen atoms in total. The molecule has 4 saturated carbocycles. The number of carbonyl (C=O) groups is 2. The number of hydrogen-bond donors (Lipinski definition) is 3. The van der Waals surface area contributed by atoms with Crippen LogP contribution < -0.4 is 10.6 Å². The van der Waals surface area contributed by atoms with E-state index in [1.54, 1.807) is 0 Å². The highest BCUT2D eigenvalue weighted by Crippen LogP contribution is 2.66. The summed E-state index contributed by atoms with van der Waals surface area (Å²) >= 11 is 0. The van der Waals surface area contributed by atoms with Crippen molar-refractivity contribution < 1.29 is 14.7 Å². The van der Waals surface area contributed by atoms with Crippen LogP contribution in [0.25, 0.3) is 0 Å². The van der Waals surface area contributed by atoms with Crippen molar-refractivity contribution in [2.75, 3.05) is 6.54 Å². The molecule has 29 heavy (non-hydrogen) atoms. The second-order valence-corrected chi connectivity index (χ2v) is 11.0. The van der Waals surface area contributed by atoms with Crippen LogP contribution in [0, 0.1) is 34.5 Å². The lowest BCUT2D eigenvalue weighted by atomic mass is 9.47. The van der Waals surface area contributed by atoms with Crippen LogP contribution in [-0.2, 0) is 9.59 Å². The first-order chi connectivity index (χ1) is 13.8. The minimum absolute atomic E-state index is 0.0194. The third kappa shape index (κ3) is 2.90. The second-order valence-electron chi connectivity index (χ2n) is 11.0. The molecule has 160 valence electrons. The van der Waals surface area contributed by atoms with Crippen molar-refractivity contribution in [1.82, 2.24) is 10.6 Å². The van der Waals surface area contributed by atoms with Crippen LogP contribution in [0.15, 0.2) is 11.6 Å². The minimum Gasteiger partial charge on any atom is -0.393 e. The zero-order valence-corrected chi connectivity index (χ0v) is 17.9. The number of carbonyl (C=O) groups excluding carboxylic acids is 2. The van der Waals surface area contributed by atoms with Gasteiger partial charge in [-0.1, -0.05) is 19.4 Å². The van der Waals surface area contributed by atoms with Crippen molar-refractivity contribution in [3.63, 3.8) is 0 Å². The molecule has 0 saturated heterocycles. The van der Waals surface area contributed by atoms with Crippen molar-refractivity contribution in [2.45, 2.75) is 83.8 Å². The Kier molecular flexibility index (Phi) is 4.61. The molecule has 5 aliphatic rings. The topological polar surface area (TPSA) is 78.4 Å². The number of amides is 2. The Morgan fingerprint density at radius 1 is 1.21 bits per heavy atom. The first-order valence-electron chi connectivity index (χ1n) is 11.8. The van der Waals surface area contributed by atoms with Gasteiger partial charge in [0.1, 0.15) is 0 Å². The highest BCUT2D eigenvalue weighted by atomic mass is 16.3. The summed E-state index contributed by atoms with van der Waals surface area (Å²) in [6.45, 7) is 5.23. The molecule has 7 atom stereocenters. The van der Waals surface area contributed by atoms with E-state index in [4.69, 9.17) is 0 Å². The monoisotopic (exact) mass is 400 g/mol. The van der Waals surface area contributed by atoms with Crippen LogP contribution in [-0.4, -0.2) is 35.6 Å². The number of hydrogen-bond acceptors (Lipinski definition) is 3. The van der Waals surface area contributed by atoms with Crippen LogP contribution >= 0.6 is 0 Å². The normalized spacial score (nSPS) is 46.9. The van der Waals surface area contributed by atoms with Gasteiger partial charge in [-0.15, -0.1) is 0 Å². The second kappa shape index (κ2) is 6.83. The zero-order valence-electron chi connectivity index (χ0n) is 17.9. The molecular weight excluding hydrogens is 364 g/mol. The van der Waals surface area contributed by atoms with Gasteiger partial charge in [-0.2, -0.15) is 0 Å². The lowest BCUT2D eigenvalue weighted by molar-refractivity contribution is -0.144. The average molecular weight is 401 g/mol. The maximum Gasteiger partial charge on any atom is 0.243 e. The summed E-state index contributed by atoms with van der Waals surface area (Å²) in [6.07, 6.45) is 10.5. The molecule has 1 aliphatic heterocycles. The highest BCUT2D eigenvalue weighted by molar-refractivity contribution is 5.88. The van der Waals surface area contributed by atoms with Gasteiger partial charge in [0.25, 0.3) is 0 Å². The molecule has 0 aromatic rings. The van der Waals surface area contributed by atoms with E-state index in [0.717, 1.165) is 44.9 Å². The number of rotatable bonds is 2. The largest absolute Gasteiger partial charge is 0.393 e. The molecule has 2 amide bonds. The average Bonchev–Trinajstić information content (AvgIpc) is 2.88. The first kappa shape index (κ1) is 19.6. The highest BCUT2D eigenvalue weighted by Gasteiger charge is 2.62. The van der Waals surface area contributed by atoms with E-state index in [1.165, 1.54) is 12.0 Å². The van der Waals surface area contributed by atoms with E-state index in [1.807, 2.05) is 6.08 Å². The fraction of sp³-hybridized carbons (Fsp3) is 0.833. The first-order valence-corrected chi connectivity index (χ1v) is 11.8. The van der Waals surface area contributed by atoms with Gasteiger partial charge in [0.15, 0.2) is 0 Å². The van der Waals surface area contributed by atoms with Crippen molar-refractivity contribution >= 4 is 11.8 Å². The molecule has 0 aromatic carbocycles. The predicted octanol–water partition coefficient (Wildman–Crippen LogP) is 2.93. The van der Waals surface area contributed by atoms with Gasteiger partial charge >= 0.3 is 0 Å². The molecule has 4 aliphatic carbocycles. The van der Waals surface area contributed by atoms with Gasteiger partial charge in [0.05, 0.1) is 6.10 Å². The molecule has 0 radical (unpaired) electrons. The van der Waals surface area contributed by atoms with E-state index in [0.29, 0.717) is 30.8 Å². The summed E-state index contributed by atoms with van der Waals surface area (Å²) in [7, 11) is 0. The molecule has 0 bridgehead atoms. The van der Waals surface area contributed by atoms with Crippen molar-refractivity contribution in [3.8, 4) is 0 Å². The third-order valence-corrected chi connectivity index (χ3v) is 9.68. The van der Waals surface area contributed by atoms with Gasteiger partial charge in [0, 0.05) is 24.6 Å². The SMILES string of the molecule is C[C@]12C[C@H](O)C3C(CCC4=CC(=O)NCC[C@@]43C)C1CCC2C(=O)NC1CCC1. The standard InChI is InChI=1S/C24H36N2O3/c1-23-10-11-25-20(28)12-14(23)6-7-16-17-8-9-18(22(29)26-15-4-3-5-15)24(17,2)13-19(27)21(16)23/h12,15-19,21,27H,3-11,13H2,1-2H3,(H,25,28)(H,26,29)/t16?,17?,18?,19-,21?,23-,24-/m0/s1. The van der Waals surface area contributed by atoms with Gasteiger partial charge in [-0.25, -0.2) is 0 Å².